The summed E-state index contributed by atoms with van der Waals surface area (Å²) in [5, 5.41) is 1.24. The van der Waals surface area contributed by atoms with Crippen LogP contribution in [0.4, 0.5) is 0 Å². The van der Waals surface area contributed by atoms with Gasteiger partial charge in [-0.25, -0.2) is 0 Å². The van der Waals surface area contributed by atoms with Gasteiger partial charge in [-0.05, 0) is 12.1 Å². The first kappa shape index (κ1) is 10.5. The molecule has 1 aromatic heterocycles. The highest BCUT2D eigenvalue weighted by Crippen LogP contribution is 2.21. The van der Waals surface area contributed by atoms with Gasteiger partial charge >= 0.3 is 0 Å². The first-order valence-electron chi connectivity index (χ1n) is 4.64. The summed E-state index contributed by atoms with van der Waals surface area (Å²) in [6, 6.07) is 10.4. The number of para-hydroxylation sites is 1. The molecule has 0 aliphatic carbocycles. The van der Waals surface area contributed by atoms with Crippen LogP contribution in [-0.4, -0.2) is 27.3 Å². The third kappa shape index (κ3) is 2.16. The number of hydrogen-bond acceptors (Lipinski definition) is 2. The minimum Gasteiger partial charge on any atom is -0.362 e. The molecule has 0 spiro atoms. The van der Waals surface area contributed by atoms with Crippen molar-refractivity contribution in [3.8, 4) is 0 Å². The maximum Gasteiger partial charge on any atom is 0.156 e. The lowest BCUT2D eigenvalue weighted by Crippen LogP contribution is -2.17. The van der Waals surface area contributed by atoms with Crippen LogP contribution in [0.15, 0.2) is 36.5 Å². The van der Waals surface area contributed by atoms with Crippen LogP contribution in [0.25, 0.3) is 10.9 Å². The summed E-state index contributed by atoms with van der Waals surface area (Å²) in [5.74, 6) is 0. The molecule has 0 atom stereocenters. The molecule has 2 rings (SSSR count). The maximum atomic E-state index is 5.26. The van der Waals surface area contributed by atoms with Crippen LogP contribution in [0, 0.1) is 0 Å². The minimum atomic E-state index is 0.858. The highest BCUT2D eigenvalue weighted by molar-refractivity contribution is 8.22. The van der Waals surface area contributed by atoms with Crippen molar-refractivity contribution in [2.24, 2.45) is 0 Å². The molecule has 0 saturated carbocycles. The van der Waals surface area contributed by atoms with E-state index in [1.807, 2.05) is 37.3 Å². The van der Waals surface area contributed by atoms with Crippen LogP contribution >= 0.6 is 24.2 Å². The smallest absolute Gasteiger partial charge is 0.156 e. The van der Waals surface area contributed by atoms with Gasteiger partial charge < -0.3 is 4.90 Å². The largest absolute Gasteiger partial charge is 0.362 e. The van der Waals surface area contributed by atoms with Crippen molar-refractivity contribution in [2.75, 3.05) is 14.1 Å². The van der Waals surface area contributed by atoms with E-state index in [9.17, 15) is 0 Å². The zero-order valence-corrected chi connectivity index (χ0v) is 10.3. The van der Waals surface area contributed by atoms with E-state index in [-0.39, 0.29) is 0 Å². The Morgan fingerprint density at radius 3 is 2.73 bits per heavy atom. The molecule has 0 radical (unpaired) electrons. The Morgan fingerprint density at radius 1 is 1.27 bits per heavy atom. The highest BCUT2D eigenvalue weighted by atomic mass is 32.2. The van der Waals surface area contributed by atoms with Crippen molar-refractivity contribution in [3.05, 3.63) is 36.5 Å². The Hall–Kier alpha value is -1.00. The molecule has 15 heavy (non-hydrogen) atoms. The average Bonchev–Trinajstić information content (AvgIpc) is 2.62. The van der Waals surface area contributed by atoms with Crippen molar-refractivity contribution in [3.63, 3.8) is 0 Å². The van der Waals surface area contributed by atoms with E-state index >= 15 is 0 Å². The molecule has 1 aromatic carbocycles. The average molecular weight is 236 g/mol. The number of benzene rings is 1. The summed E-state index contributed by atoms with van der Waals surface area (Å²) in [4.78, 5) is 1.94. The van der Waals surface area contributed by atoms with Crippen LogP contribution in [-0.2, 0) is 0 Å². The molecule has 78 valence electrons. The Balaban J connectivity index is 2.33. The minimum absolute atomic E-state index is 0.858. The molecule has 2 aromatic rings. The summed E-state index contributed by atoms with van der Waals surface area (Å²) < 4.78 is 2.95. The summed E-state index contributed by atoms with van der Waals surface area (Å²) in [7, 11) is 3.92. The molecule has 0 bridgehead atoms. The molecular formula is C11H12N2S2. The lowest BCUT2D eigenvalue weighted by atomic mass is 10.3. The second kappa shape index (κ2) is 4.24. The summed E-state index contributed by atoms with van der Waals surface area (Å²) in [6.45, 7) is 0. The van der Waals surface area contributed by atoms with Gasteiger partial charge in [0, 0.05) is 37.6 Å². The van der Waals surface area contributed by atoms with E-state index in [1.165, 1.54) is 10.9 Å². The van der Waals surface area contributed by atoms with Gasteiger partial charge in [-0.1, -0.05) is 30.4 Å². The van der Waals surface area contributed by atoms with Gasteiger partial charge in [-0.15, -0.1) is 0 Å². The highest BCUT2D eigenvalue weighted by Gasteiger charge is 2.04. The fourth-order valence-corrected chi connectivity index (χ4v) is 2.26. The summed E-state index contributed by atoms with van der Waals surface area (Å²) in [5.41, 5.74) is 1.20. The van der Waals surface area contributed by atoms with E-state index < -0.39 is 0 Å². The molecule has 0 saturated heterocycles. The molecule has 1 heterocycles. The Kier molecular flexibility index (Phi) is 2.98. The van der Waals surface area contributed by atoms with Gasteiger partial charge in [-0.3, -0.25) is 3.97 Å². The van der Waals surface area contributed by atoms with Gasteiger partial charge in [0.1, 0.15) is 0 Å². The Bertz CT molecular complexity index is 488. The van der Waals surface area contributed by atoms with Gasteiger partial charge in [0.25, 0.3) is 0 Å². The molecular weight excluding hydrogens is 224 g/mol. The number of hydrogen-bond donors (Lipinski definition) is 0. The quantitative estimate of drug-likeness (QED) is 0.704. The molecule has 0 N–H and O–H groups in total. The van der Waals surface area contributed by atoms with Crippen molar-refractivity contribution in [1.29, 1.82) is 0 Å². The van der Waals surface area contributed by atoms with Crippen LogP contribution < -0.4 is 0 Å². The van der Waals surface area contributed by atoms with Gasteiger partial charge in [-0.2, -0.15) is 0 Å². The molecule has 4 heteroatoms. The van der Waals surface area contributed by atoms with E-state index in [4.69, 9.17) is 12.2 Å². The first-order chi connectivity index (χ1) is 7.18. The van der Waals surface area contributed by atoms with E-state index in [0.717, 1.165) is 4.32 Å². The Morgan fingerprint density at radius 2 is 2.00 bits per heavy atom. The Labute approximate surface area is 99.0 Å². The topological polar surface area (TPSA) is 8.17 Å². The van der Waals surface area contributed by atoms with Gasteiger partial charge in [0.2, 0.25) is 0 Å². The predicted octanol–water partition coefficient (Wildman–Crippen LogP) is 2.98. The third-order valence-electron chi connectivity index (χ3n) is 2.11. The lowest BCUT2D eigenvalue weighted by molar-refractivity contribution is 0.647. The first-order valence-corrected chi connectivity index (χ1v) is 5.82. The second-order valence-electron chi connectivity index (χ2n) is 3.45. The molecule has 0 aliphatic rings. The lowest BCUT2D eigenvalue weighted by Gasteiger charge is -2.13. The SMILES string of the molecule is CN(C)C(=S)Sn1ccc2ccccc21. The normalized spacial score (nSPS) is 10.5. The van der Waals surface area contributed by atoms with Crippen molar-refractivity contribution < 1.29 is 0 Å². The van der Waals surface area contributed by atoms with Crippen molar-refractivity contribution in [2.45, 2.75) is 0 Å². The zero-order valence-electron chi connectivity index (χ0n) is 8.68. The molecule has 2 nitrogen and oxygen atoms in total. The predicted molar refractivity (Wildman–Crippen MR) is 71.2 cm³/mol. The maximum absolute atomic E-state index is 5.26. The molecule has 0 unspecified atom stereocenters. The van der Waals surface area contributed by atoms with E-state index in [2.05, 4.69) is 22.2 Å². The standard InChI is InChI=1S/C11H12N2S2/c1-12(2)11(14)15-13-8-7-9-5-3-4-6-10(9)13/h3-8H,1-2H3. The van der Waals surface area contributed by atoms with Crippen LogP contribution in [0.3, 0.4) is 0 Å². The number of nitrogens with zero attached hydrogens (tertiary/aromatic N) is 2. The number of aromatic nitrogens is 1. The zero-order chi connectivity index (χ0) is 10.8. The van der Waals surface area contributed by atoms with Crippen LogP contribution in [0.1, 0.15) is 0 Å². The summed E-state index contributed by atoms with van der Waals surface area (Å²) >= 11 is 6.82. The fraction of sp³-hybridized carbons (Fsp3) is 0.182. The third-order valence-corrected chi connectivity index (χ3v) is 3.73. The fourth-order valence-electron chi connectivity index (χ4n) is 1.30. The van der Waals surface area contributed by atoms with Crippen LogP contribution in [0.2, 0.25) is 0 Å². The van der Waals surface area contributed by atoms with Crippen molar-refractivity contribution in [1.82, 2.24) is 8.87 Å². The van der Waals surface area contributed by atoms with Gasteiger partial charge in [0.15, 0.2) is 4.32 Å². The summed E-state index contributed by atoms with van der Waals surface area (Å²) in [6.07, 6.45) is 2.05. The second-order valence-corrected chi connectivity index (χ2v) is 5.06. The van der Waals surface area contributed by atoms with Crippen molar-refractivity contribution >= 4 is 39.4 Å². The van der Waals surface area contributed by atoms with Crippen LogP contribution in [0.5, 0.6) is 0 Å². The molecule has 0 aliphatic heterocycles. The van der Waals surface area contributed by atoms with E-state index in [0.29, 0.717) is 0 Å². The van der Waals surface area contributed by atoms with E-state index in [1.54, 1.807) is 11.9 Å². The monoisotopic (exact) mass is 236 g/mol. The molecule has 0 fully saturated rings. The number of fused-ring (bicyclic) bond motifs is 1. The molecule has 0 amide bonds. The van der Waals surface area contributed by atoms with Gasteiger partial charge in [0.05, 0.1) is 5.52 Å². The number of thiocarbonyl (C=S) groups is 1. The number of rotatable bonds is 1.